The fourth-order valence-corrected chi connectivity index (χ4v) is 3.56. The minimum Gasteiger partial charge on any atom is -0.491 e. The number of H-pyrrole nitrogens is 1. The molecule has 0 radical (unpaired) electrons. The quantitative estimate of drug-likeness (QED) is 0.683. The summed E-state index contributed by atoms with van der Waals surface area (Å²) in [6.45, 7) is 0.435. The van der Waals surface area contributed by atoms with Crippen LogP contribution in [0.1, 0.15) is 27.8 Å². The molecule has 0 saturated carbocycles. The van der Waals surface area contributed by atoms with E-state index in [0.29, 0.717) is 34.9 Å². The molecule has 0 saturated heterocycles. The smallest absolute Gasteiger partial charge is 0.265 e. The van der Waals surface area contributed by atoms with Crippen LogP contribution in [0.2, 0.25) is 0 Å². The second-order valence-electron chi connectivity index (χ2n) is 5.47. The first-order chi connectivity index (χ1) is 11.7. The lowest BCUT2D eigenvalue weighted by molar-refractivity contribution is 0.102. The highest BCUT2D eigenvalue weighted by Crippen LogP contribution is 2.38. The summed E-state index contributed by atoms with van der Waals surface area (Å²) in [6.07, 6.45) is 1.68. The average Bonchev–Trinajstić information content (AvgIpc) is 3.27. The zero-order valence-corrected chi connectivity index (χ0v) is 13.5. The van der Waals surface area contributed by atoms with Gasteiger partial charge >= 0.3 is 0 Å². The first-order valence-electron chi connectivity index (χ1n) is 7.57. The Hall–Kier alpha value is -2.64. The van der Waals surface area contributed by atoms with E-state index in [9.17, 15) is 9.90 Å². The number of hydrogen-bond donors (Lipinski definition) is 3. The van der Waals surface area contributed by atoms with Crippen LogP contribution in [0.25, 0.3) is 10.6 Å². The number of carbonyl (C=O) groups is 1. The Bertz CT molecular complexity index is 873. The number of para-hydroxylation sites is 1. The lowest BCUT2D eigenvalue weighted by Crippen LogP contribution is -2.17. The highest BCUT2D eigenvalue weighted by molar-refractivity contribution is 7.17. The van der Waals surface area contributed by atoms with Crippen molar-refractivity contribution in [2.75, 3.05) is 11.9 Å². The summed E-state index contributed by atoms with van der Waals surface area (Å²) < 4.78 is 5.64. The Morgan fingerprint density at radius 2 is 2.25 bits per heavy atom. The molecule has 1 aromatic carbocycles. The molecule has 1 aliphatic heterocycles. The number of benzene rings is 1. The number of nitrogens with zero attached hydrogens (tertiary/aromatic N) is 1. The van der Waals surface area contributed by atoms with Gasteiger partial charge < -0.3 is 15.2 Å². The Kier molecular flexibility index (Phi) is 3.79. The molecule has 1 atom stereocenters. The molecule has 0 fully saturated rings. The predicted octanol–water partition coefficient (Wildman–Crippen LogP) is 3.21. The number of nitrogens with one attached hydrogen (secondary N) is 2. The van der Waals surface area contributed by atoms with Gasteiger partial charge in [-0.25, -0.2) is 0 Å². The maximum absolute atomic E-state index is 12.5. The van der Waals surface area contributed by atoms with E-state index in [1.807, 2.05) is 18.2 Å². The highest BCUT2D eigenvalue weighted by atomic mass is 32.1. The van der Waals surface area contributed by atoms with Crippen molar-refractivity contribution in [3.8, 4) is 16.3 Å². The number of thiophene rings is 1. The van der Waals surface area contributed by atoms with Gasteiger partial charge in [-0.2, -0.15) is 5.10 Å². The molecular weight excluding hydrogens is 326 g/mol. The van der Waals surface area contributed by atoms with Crippen molar-refractivity contribution in [2.24, 2.45) is 0 Å². The summed E-state index contributed by atoms with van der Waals surface area (Å²) in [6, 6.07) is 10.9. The third kappa shape index (κ3) is 2.68. The molecule has 1 amide bonds. The van der Waals surface area contributed by atoms with Crippen LogP contribution in [0.4, 0.5) is 5.69 Å². The van der Waals surface area contributed by atoms with Crippen LogP contribution >= 0.6 is 11.3 Å². The van der Waals surface area contributed by atoms with Crippen molar-refractivity contribution in [2.45, 2.75) is 12.5 Å². The summed E-state index contributed by atoms with van der Waals surface area (Å²) >= 11 is 1.38. The maximum Gasteiger partial charge on any atom is 0.265 e. The second kappa shape index (κ2) is 6.10. The van der Waals surface area contributed by atoms with Crippen LogP contribution in [-0.4, -0.2) is 27.8 Å². The van der Waals surface area contributed by atoms with Gasteiger partial charge in [0.15, 0.2) is 0 Å². The van der Waals surface area contributed by atoms with Crippen molar-refractivity contribution in [3.63, 3.8) is 0 Å². The van der Waals surface area contributed by atoms with E-state index in [1.54, 1.807) is 24.4 Å². The molecule has 0 aliphatic carbocycles. The van der Waals surface area contributed by atoms with Gasteiger partial charge in [0.05, 0.1) is 33.8 Å². The third-order valence-electron chi connectivity index (χ3n) is 3.89. The molecule has 2 aromatic heterocycles. The van der Waals surface area contributed by atoms with Gasteiger partial charge in [-0.3, -0.25) is 9.89 Å². The minimum absolute atomic E-state index is 0.206. The monoisotopic (exact) mass is 341 g/mol. The minimum atomic E-state index is -0.556. The zero-order chi connectivity index (χ0) is 16.5. The molecule has 0 spiro atoms. The lowest BCUT2D eigenvalue weighted by atomic mass is 10.0. The van der Waals surface area contributed by atoms with Gasteiger partial charge in [0.25, 0.3) is 5.91 Å². The fraction of sp³-hybridized carbons (Fsp3) is 0.176. The number of aliphatic hydroxyl groups excluding tert-OH is 1. The number of aliphatic hydroxyl groups is 1. The molecule has 3 N–H and O–H groups in total. The number of hydrogen-bond acceptors (Lipinski definition) is 5. The van der Waals surface area contributed by atoms with E-state index in [1.165, 1.54) is 11.3 Å². The summed E-state index contributed by atoms with van der Waals surface area (Å²) in [4.78, 5) is 14.1. The average molecular weight is 341 g/mol. The van der Waals surface area contributed by atoms with Crippen molar-refractivity contribution in [1.82, 2.24) is 10.2 Å². The largest absolute Gasteiger partial charge is 0.491 e. The van der Waals surface area contributed by atoms with E-state index in [2.05, 4.69) is 15.5 Å². The van der Waals surface area contributed by atoms with E-state index in [-0.39, 0.29) is 5.91 Å². The molecule has 3 aromatic rings. The third-order valence-corrected chi connectivity index (χ3v) is 5.00. The zero-order valence-electron chi connectivity index (χ0n) is 12.7. The number of amides is 1. The van der Waals surface area contributed by atoms with Gasteiger partial charge in [-0.15, -0.1) is 11.3 Å². The van der Waals surface area contributed by atoms with Crippen molar-refractivity contribution >= 4 is 22.9 Å². The Balaban J connectivity index is 1.58. The van der Waals surface area contributed by atoms with Crippen LogP contribution in [0.3, 0.4) is 0 Å². The Morgan fingerprint density at radius 1 is 1.33 bits per heavy atom. The molecule has 1 aliphatic rings. The van der Waals surface area contributed by atoms with E-state index >= 15 is 0 Å². The molecule has 7 heteroatoms. The summed E-state index contributed by atoms with van der Waals surface area (Å²) in [5, 5.41) is 19.7. The van der Waals surface area contributed by atoms with Gasteiger partial charge in [0.1, 0.15) is 5.75 Å². The fourth-order valence-electron chi connectivity index (χ4n) is 2.69. The molecular formula is C17H15N3O3S. The van der Waals surface area contributed by atoms with Crippen LogP contribution in [0.5, 0.6) is 5.75 Å². The number of aromatic amines is 1. The normalized spacial score (nSPS) is 16.3. The SMILES string of the molecule is O=C(Nc1cccc2c1OCC[C@H]2O)c1ccc(-c2ccn[nH]2)s1. The summed E-state index contributed by atoms with van der Waals surface area (Å²) in [5.41, 5.74) is 2.17. The number of rotatable bonds is 3. The summed E-state index contributed by atoms with van der Waals surface area (Å²) in [7, 11) is 0. The van der Waals surface area contributed by atoms with Crippen molar-refractivity contribution < 1.29 is 14.6 Å². The standard InChI is InChI=1S/C17H15N3O3S/c21-13-7-9-23-16-10(13)2-1-3-12(16)19-17(22)15-5-4-14(24-15)11-6-8-18-20-11/h1-6,8,13,21H,7,9H2,(H,18,20)(H,19,22)/t13-/m1/s1. The van der Waals surface area contributed by atoms with E-state index in [4.69, 9.17) is 4.74 Å². The maximum atomic E-state index is 12.5. The molecule has 4 rings (SSSR count). The number of anilines is 1. The van der Waals surface area contributed by atoms with Crippen LogP contribution in [0.15, 0.2) is 42.6 Å². The van der Waals surface area contributed by atoms with Crippen molar-refractivity contribution in [1.29, 1.82) is 0 Å². The van der Waals surface area contributed by atoms with Crippen LogP contribution in [-0.2, 0) is 0 Å². The number of carbonyl (C=O) groups excluding carboxylic acids is 1. The Labute approximate surface area is 142 Å². The van der Waals surface area contributed by atoms with E-state index in [0.717, 1.165) is 10.6 Å². The van der Waals surface area contributed by atoms with Crippen LogP contribution < -0.4 is 10.1 Å². The number of aromatic nitrogens is 2. The molecule has 122 valence electrons. The van der Waals surface area contributed by atoms with Gasteiger partial charge in [-0.1, -0.05) is 12.1 Å². The molecule has 0 bridgehead atoms. The molecule has 0 unspecified atom stereocenters. The molecule has 24 heavy (non-hydrogen) atoms. The Morgan fingerprint density at radius 3 is 3.08 bits per heavy atom. The van der Waals surface area contributed by atoms with E-state index < -0.39 is 6.10 Å². The first-order valence-corrected chi connectivity index (χ1v) is 8.39. The molecule has 6 nitrogen and oxygen atoms in total. The molecule has 3 heterocycles. The number of fused-ring (bicyclic) bond motifs is 1. The van der Waals surface area contributed by atoms with Gasteiger partial charge in [0.2, 0.25) is 0 Å². The van der Waals surface area contributed by atoms with Crippen molar-refractivity contribution in [3.05, 3.63) is 53.0 Å². The van der Waals surface area contributed by atoms with Crippen LogP contribution in [0, 0.1) is 0 Å². The second-order valence-corrected chi connectivity index (χ2v) is 6.55. The predicted molar refractivity (Wildman–Crippen MR) is 91.4 cm³/mol. The lowest BCUT2D eigenvalue weighted by Gasteiger charge is -2.24. The van der Waals surface area contributed by atoms with Gasteiger partial charge in [0, 0.05) is 18.2 Å². The summed E-state index contributed by atoms with van der Waals surface area (Å²) in [5.74, 6) is 0.345. The topological polar surface area (TPSA) is 87.2 Å². The highest BCUT2D eigenvalue weighted by Gasteiger charge is 2.23. The first kappa shape index (κ1) is 14.9. The number of ether oxygens (including phenoxy) is 1. The van der Waals surface area contributed by atoms with Gasteiger partial charge in [-0.05, 0) is 24.3 Å².